The number of halogens is 1. The number of aromatic nitrogens is 3. The van der Waals surface area contributed by atoms with Crippen molar-refractivity contribution in [3.8, 4) is 0 Å². The maximum absolute atomic E-state index is 4.69. The summed E-state index contributed by atoms with van der Waals surface area (Å²) in [6.45, 7) is 2.23. The molecule has 3 heterocycles. The summed E-state index contributed by atoms with van der Waals surface area (Å²) in [5.74, 6) is 1.03. The molecule has 2 fully saturated rings. The molecule has 2 aromatic rings. The molecule has 0 amide bonds. The van der Waals surface area contributed by atoms with Crippen molar-refractivity contribution in [3.63, 3.8) is 0 Å². The summed E-state index contributed by atoms with van der Waals surface area (Å²) in [4.78, 5) is 11.6. The lowest BCUT2D eigenvalue weighted by atomic mass is 9.68. The molecule has 0 aromatic carbocycles. The van der Waals surface area contributed by atoms with Crippen molar-refractivity contribution in [2.75, 3.05) is 18.0 Å². The smallest absolute Gasteiger partial charge is 0.180 e. The van der Waals surface area contributed by atoms with Gasteiger partial charge in [-0.05, 0) is 47.0 Å². The third-order valence-electron chi connectivity index (χ3n) is 5.36. The Morgan fingerprint density at radius 3 is 2.57 bits per heavy atom. The first kappa shape index (κ1) is 13.6. The van der Waals surface area contributed by atoms with Crippen molar-refractivity contribution in [2.24, 2.45) is 5.41 Å². The summed E-state index contributed by atoms with van der Waals surface area (Å²) >= 11 is 3.52. The minimum atomic E-state index is 0.631. The highest BCUT2D eigenvalue weighted by atomic mass is 79.9. The second-order valence-electron chi connectivity index (χ2n) is 6.59. The van der Waals surface area contributed by atoms with Gasteiger partial charge in [-0.2, -0.15) is 0 Å². The van der Waals surface area contributed by atoms with Crippen LogP contribution in [0.25, 0.3) is 5.65 Å². The van der Waals surface area contributed by atoms with E-state index in [9.17, 15) is 0 Å². The maximum atomic E-state index is 4.69. The Kier molecular flexibility index (Phi) is 3.40. The van der Waals surface area contributed by atoms with Crippen molar-refractivity contribution < 1.29 is 0 Å². The molecule has 1 saturated carbocycles. The highest BCUT2D eigenvalue weighted by molar-refractivity contribution is 9.10. The van der Waals surface area contributed by atoms with E-state index >= 15 is 0 Å². The topological polar surface area (TPSA) is 33.4 Å². The minimum absolute atomic E-state index is 0.631. The Balaban J connectivity index is 1.58. The van der Waals surface area contributed by atoms with Gasteiger partial charge in [0.05, 0.1) is 0 Å². The predicted octanol–water partition coefficient (Wildman–Crippen LogP) is 4.04. The van der Waals surface area contributed by atoms with Crippen LogP contribution >= 0.6 is 15.9 Å². The molecule has 0 unspecified atom stereocenters. The third kappa shape index (κ3) is 2.45. The zero-order valence-corrected chi connectivity index (χ0v) is 13.8. The fraction of sp³-hybridized carbons (Fsp3) is 0.625. The van der Waals surface area contributed by atoms with Crippen molar-refractivity contribution in [1.82, 2.24) is 14.4 Å². The lowest BCUT2D eigenvalue weighted by Crippen LogP contribution is -2.41. The van der Waals surface area contributed by atoms with Crippen LogP contribution < -0.4 is 4.90 Å². The summed E-state index contributed by atoms with van der Waals surface area (Å²) in [6.07, 6.45) is 15.6. The first-order chi connectivity index (χ1) is 10.3. The van der Waals surface area contributed by atoms with Gasteiger partial charge in [0.15, 0.2) is 11.5 Å². The molecule has 0 atom stereocenters. The average molecular weight is 349 g/mol. The second-order valence-corrected chi connectivity index (χ2v) is 7.41. The monoisotopic (exact) mass is 348 g/mol. The van der Waals surface area contributed by atoms with Gasteiger partial charge in [0.1, 0.15) is 4.60 Å². The summed E-state index contributed by atoms with van der Waals surface area (Å²) in [5, 5.41) is 0. The van der Waals surface area contributed by atoms with Crippen LogP contribution in [0.5, 0.6) is 0 Å². The zero-order valence-electron chi connectivity index (χ0n) is 12.3. The fourth-order valence-electron chi connectivity index (χ4n) is 4.09. The van der Waals surface area contributed by atoms with E-state index in [1.54, 1.807) is 0 Å². The van der Waals surface area contributed by atoms with E-state index in [0.717, 1.165) is 29.2 Å². The van der Waals surface area contributed by atoms with Gasteiger partial charge in [-0.3, -0.25) is 0 Å². The highest BCUT2D eigenvalue weighted by Crippen LogP contribution is 2.45. The molecule has 1 aliphatic carbocycles. The highest BCUT2D eigenvalue weighted by Gasteiger charge is 2.36. The summed E-state index contributed by atoms with van der Waals surface area (Å²) < 4.78 is 2.93. The lowest BCUT2D eigenvalue weighted by molar-refractivity contribution is 0.144. The van der Waals surface area contributed by atoms with E-state index in [1.807, 2.05) is 18.6 Å². The van der Waals surface area contributed by atoms with Crippen LogP contribution in [0.1, 0.15) is 44.9 Å². The van der Waals surface area contributed by atoms with Gasteiger partial charge in [-0.25, -0.2) is 9.97 Å². The van der Waals surface area contributed by atoms with Gasteiger partial charge in [-0.15, -0.1) is 0 Å². The van der Waals surface area contributed by atoms with Crippen LogP contribution in [0.4, 0.5) is 5.82 Å². The molecule has 1 aliphatic heterocycles. The number of hydrogen-bond donors (Lipinski definition) is 0. The van der Waals surface area contributed by atoms with E-state index in [2.05, 4.69) is 30.2 Å². The van der Waals surface area contributed by atoms with Crippen molar-refractivity contribution in [2.45, 2.75) is 44.9 Å². The zero-order chi connectivity index (χ0) is 14.3. The quantitative estimate of drug-likeness (QED) is 0.779. The molecular formula is C16H21BrN4. The number of rotatable bonds is 1. The Morgan fingerprint density at radius 2 is 1.81 bits per heavy atom. The van der Waals surface area contributed by atoms with Crippen LogP contribution in [0.15, 0.2) is 23.2 Å². The van der Waals surface area contributed by atoms with Crippen molar-refractivity contribution in [3.05, 3.63) is 23.2 Å². The molecule has 0 bridgehead atoms. The van der Waals surface area contributed by atoms with E-state index in [1.165, 1.54) is 44.9 Å². The van der Waals surface area contributed by atoms with Gasteiger partial charge < -0.3 is 9.30 Å². The van der Waals surface area contributed by atoms with Crippen LogP contribution in [0.3, 0.4) is 0 Å². The number of piperidine rings is 1. The SMILES string of the molecule is Brc1cn2ccnc2c(N2CCC3(CCCCC3)CC2)n1. The Hall–Kier alpha value is -1.10. The molecule has 1 saturated heterocycles. The molecule has 0 radical (unpaired) electrons. The predicted molar refractivity (Wildman–Crippen MR) is 87.7 cm³/mol. The molecule has 5 heteroatoms. The summed E-state index contributed by atoms with van der Waals surface area (Å²) in [5.41, 5.74) is 1.60. The molecule has 112 valence electrons. The van der Waals surface area contributed by atoms with E-state index < -0.39 is 0 Å². The van der Waals surface area contributed by atoms with E-state index in [0.29, 0.717) is 5.41 Å². The Labute approximate surface area is 133 Å². The summed E-state index contributed by atoms with van der Waals surface area (Å²) in [6, 6.07) is 0. The van der Waals surface area contributed by atoms with Crippen molar-refractivity contribution in [1.29, 1.82) is 0 Å². The molecule has 0 N–H and O–H groups in total. The van der Waals surface area contributed by atoms with Crippen LogP contribution in [-0.2, 0) is 0 Å². The molecule has 1 spiro atoms. The number of nitrogens with zero attached hydrogens (tertiary/aromatic N) is 4. The van der Waals surface area contributed by atoms with Crippen LogP contribution in [0, 0.1) is 5.41 Å². The first-order valence-corrected chi connectivity index (χ1v) is 8.79. The number of fused-ring (bicyclic) bond motifs is 1. The number of imidazole rings is 1. The molecule has 4 nitrogen and oxygen atoms in total. The third-order valence-corrected chi connectivity index (χ3v) is 5.75. The largest absolute Gasteiger partial charge is 0.353 e. The van der Waals surface area contributed by atoms with Crippen molar-refractivity contribution >= 4 is 27.4 Å². The first-order valence-electron chi connectivity index (χ1n) is 8.00. The molecule has 2 aliphatic rings. The molecular weight excluding hydrogens is 328 g/mol. The second kappa shape index (κ2) is 5.27. The van der Waals surface area contributed by atoms with Gasteiger partial charge in [0.25, 0.3) is 0 Å². The molecule has 4 rings (SSSR count). The van der Waals surface area contributed by atoms with Gasteiger partial charge >= 0.3 is 0 Å². The number of anilines is 1. The molecule has 2 aromatic heterocycles. The Bertz CT molecular complexity index is 635. The average Bonchev–Trinajstić information content (AvgIpc) is 2.96. The minimum Gasteiger partial charge on any atom is -0.353 e. The maximum Gasteiger partial charge on any atom is 0.180 e. The normalized spacial score (nSPS) is 22.0. The van der Waals surface area contributed by atoms with Crippen LogP contribution in [-0.4, -0.2) is 27.5 Å². The lowest BCUT2D eigenvalue weighted by Gasteiger charge is -2.44. The fourth-order valence-corrected chi connectivity index (χ4v) is 4.48. The Morgan fingerprint density at radius 1 is 1.05 bits per heavy atom. The van der Waals surface area contributed by atoms with Crippen LogP contribution in [0.2, 0.25) is 0 Å². The van der Waals surface area contributed by atoms with Gasteiger partial charge in [-0.1, -0.05) is 19.3 Å². The van der Waals surface area contributed by atoms with Gasteiger partial charge in [0.2, 0.25) is 0 Å². The van der Waals surface area contributed by atoms with E-state index in [4.69, 9.17) is 4.98 Å². The van der Waals surface area contributed by atoms with E-state index in [-0.39, 0.29) is 0 Å². The standard InChI is InChI=1S/C16H21BrN4/c17-13-12-21-11-8-18-14(21)15(19-13)20-9-6-16(7-10-20)4-2-1-3-5-16/h8,11-12H,1-7,9-10H2. The number of hydrogen-bond acceptors (Lipinski definition) is 3. The molecule has 21 heavy (non-hydrogen) atoms. The summed E-state index contributed by atoms with van der Waals surface area (Å²) in [7, 11) is 0. The van der Waals surface area contributed by atoms with Gasteiger partial charge in [0, 0.05) is 31.7 Å².